The van der Waals surface area contributed by atoms with E-state index in [0.29, 0.717) is 6.42 Å². The minimum absolute atomic E-state index is 0.0155. The summed E-state index contributed by atoms with van der Waals surface area (Å²) in [7, 11) is 0. The molecule has 1 amide bonds. The van der Waals surface area contributed by atoms with Gasteiger partial charge in [0.25, 0.3) is 0 Å². The first kappa shape index (κ1) is 24.1. The molecule has 3 rings (SSSR count). The number of fused-ring (bicyclic) bond motifs is 1. The van der Waals surface area contributed by atoms with E-state index in [1.54, 1.807) is 20.8 Å². The van der Waals surface area contributed by atoms with Crippen LogP contribution >= 0.6 is 0 Å². The van der Waals surface area contributed by atoms with Crippen molar-refractivity contribution in [2.45, 2.75) is 63.4 Å². The van der Waals surface area contributed by atoms with Crippen LogP contribution in [0.15, 0.2) is 42.5 Å². The molecule has 0 spiro atoms. The van der Waals surface area contributed by atoms with E-state index >= 15 is 0 Å². The molecule has 174 valence electrons. The topological polar surface area (TPSA) is 93.0 Å². The maximum Gasteiger partial charge on any atom is 0.408 e. The third kappa shape index (κ3) is 5.43. The number of hydrogen-bond acceptors (Lipinski definition) is 4. The first-order valence-electron chi connectivity index (χ1n) is 10.6. The largest absolute Gasteiger partial charge is 0.465 e. The SMILES string of the molecule is CC(C)(C)N(C(=O)O)[C@@H](Cc1cc(F)cc(F)c1)[C@@H](O)CN[C@H]1c2ccccc2C[C@H]1O. The van der Waals surface area contributed by atoms with Crippen LogP contribution in [0.5, 0.6) is 0 Å². The molecule has 0 heterocycles. The van der Waals surface area contributed by atoms with E-state index in [1.807, 2.05) is 24.3 Å². The molecule has 0 saturated heterocycles. The third-order valence-electron chi connectivity index (χ3n) is 5.82. The fourth-order valence-corrected chi connectivity index (χ4v) is 4.50. The Morgan fingerprint density at radius 3 is 2.41 bits per heavy atom. The Labute approximate surface area is 186 Å². The van der Waals surface area contributed by atoms with Crippen LogP contribution in [0.4, 0.5) is 13.6 Å². The highest BCUT2D eigenvalue weighted by Gasteiger charge is 2.38. The molecule has 0 fully saturated rings. The highest BCUT2D eigenvalue weighted by Crippen LogP contribution is 2.31. The second kappa shape index (κ2) is 9.52. The van der Waals surface area contributed by atoms with Crippen LogP contribution in [-0.4, -0.2) is 56.6 Å². The predicted octanol–water partition coefficient (Wildman–Crippen LogP) is 3.26. The molecule has 0 unspecified atom stereocenters. The molecule has 8 heteroatoms. The van der Waals surface area contributed by atoms with Gasteiger partial charge in [0.05, 0.1) is 24.3 Å². The molecule has 0 radical (unpaired) electrons. The monoisotopic (exact) mass is 448 g/mol. The summed E-state index contributed by atoms with van der Waals surface area (Å²) in [6, 6.07) is 9.24. The number of amides is 1. The van der Waals surface area contributed by atoms with E-state index in [0.717, 1.165) is 34.2 Å². The van der Waals surface area contributed by atoms with Crippen LogP contribution in [0.25, 0.3) is 0 Å². The Hall–Kier alpha value is -2.55. The zero-order valence-electron chi connectivity index (χ0n) is 18.4. The highest BCUT2D eigenvalue weighted by atomic mass is 19.1. The fraction of sp³-hybridized carbons (Fsp3) is 0.458. The summed E-state index contributed by atoms with van der Waals surface area (Å²) in [4.78, 5) is 13.2. The number of aliphatic hydroxyl groups excluding tert-OH is 2. The highest BCUT2D eigenvalue weighted by molar-refractivity contribution is 5.66. The first-order chi connectivity index (χ1) is 15.0. The van der Waals surface area contributed by atoms with Crippen molar-refractivity contribution in [2.75, 3.05) is 6.54 Å². The molecular weight excluding hydrogens is 418 g/mol. The van der Waals surface area contributed by atoms with Gasteiger partial charge in [0, 0.05) is 24.6 Å². The van der Waals surface area contributed by atoms with Crippen LogP contribution in [0.3, 0.4) is 0 Å². The molecule has 4 atom stereocenters. The molecule has 0 aliphatic heterocycles. The van der Waals surface area contributed by atoms with Gasteiger partial charge in [0.1, 0.15) is 11.6 Å². The van der Waals surface area contributed by atoms with Gasteiger partial charge in [-0.15, -0.1) is 0 Å². The van der Waals surface area contributed by atoms with Crippen molar-refractivity contribution in [3.63, 3.8) is 0 Å². The predicted molar refractivity (Wildman–Crippen MR) is 116 cm³/mol. The van der Waals surface area contributed by atoms with Gasteiger partial charge in [-0.2, -0.15) is 0 Å². The van der Waals surface area contributed by atoms with Crippen molar-refractivity contribution in [3.8, 4) is 0 Å². The van der Waals surface area contributed by atoms with Gasteiger partial charge in [-0.3, -0.25) is 4.90 Å². The Morgan fingerprint density at radius 2 is 1.81 bits per heavy atom. The first-order valence-corrected chi connectivity index (χ1v) is 10.6. The maximum atomic E-state index is 13.7. The van der Waals surface area contributed by atoms with E-state index in [-0.39, 0.29) is 18.5 Å². The van der Waals surface area contributed by atoms with Crippen molar-refractivity contribution >= 4 is 6.09 Å². The number of nitrogens with zero attached hydrogens (tertiary/aromatic N) is 1. The Balaban J connectivity index is 1.84. The third-order valence-corrected chi connectivity index (χ3v) is 5.82. The van der Waals surface area contributed by atoms with Crippen LogP contribution in [0, 0.1) is 11.6 Å². The molecule has 0 aromatic heterocycles. The van der Waals surface area contributed by atoms with Gasteiger partial charge in [-0.05, 0) is 56.0 Å². The number of rotatable bonds is 7. The summed E-state index contributed by atoms with van der Waals surface area (Å²) < 4.78 is 27.5. The van der Waals surface area contributed by atoms with E-state index < -0.39 is 47.6 Å². The lowest BCUT2D eigenvalue weighted by molar-refractivity contribution is 0.00475. The maximum absolute atomic E-state index is 13.7. The number of benzene rings is 2. The normalized spacial score (nSPS) is 20.0. The molecule has 1 aliphatic carbocycles. The van der Waals surface area contributed by atoms with Gasteiger partial charge in [-0.1, -0.05) is 24.3 Å². The summed E-state index contributed by atoms with van der Waals surface area (Å²) in [5.41, 5.74) is 1.32. The summed E-state index contributed by atoms with van der Waals surface area (Å²) >= 11 is 0. The van der Waals surface area contributed by atoms with Gasteiger partial charge >= 0.3 is 6.09 Å². The standard InChI is InChI=1S/C24H30F2N2O4/c1-24(2,3)28(23(31)32)19(10-14-8-16(25)12-17(26)9-14)21(30)13-27-22-18-7-5-4-6-15(18)11-20(22)29/h4-9,12,19-22,27,29-30H,10-11,13H2,1-3H3,(H,31,32)/t19-,20+,21-,22-/m0/s1. The molecule has 2 aromatic carbocycles. The molecule has 0 saturated carbocycles. The Morgan fingerprint density at radius 1 is 1.19 bits per heavy atom. The lowest BCUT2D eigenvalue weighted by atomic mass is 9.94. The van der Waals surface area contributed by atoms with Crippen LogP contribution in [-0.2, 0) is 12.8 Å². The Bertz CT molecular complexity index is 943. The molecule has 0 bridgehead atoms. The minimum Gasteiger partial charge on any atom is -0.465 e. The van der Waals surface area contributed by atoms with Crippen LogP contribution in [0.2, 0.25) is 0 Å². The number of carboxylic acid groups (broad SMARTS) is 1. The van der Waals surface area contributed by atoms with Gasteiger partial charge in [0.15, 0.2) is 0 Å². The quantitative estimate of drug-likeness (QED) is 0.522. The lowest BCUT2D eigenvalue weighted by Crippen LogP contribution is -2.58. The molecule has 6 nitrogen and oxygen atoms in total. The summed E-state index contributed by atoms with van der Waals surface area (Å²) in [5, 5.41) is 34.5. The van der Waals surface area contributed by atoms with Crippen molar-refractivity contribution in [2.24, 2.45) is 0 Å². The molecule has 2 aromatic rings. The zero-order chi connectivity index (χ0) is 23.6. The van der Waals surface area contributed by atoms with E-state index in [1.165, 1.54) is 0 Å². The van der Waals surface area contributed by atoms with E-state index in [4.69, 9.17) is 0 Å². The van der Waals surface area contributed by atoms with E-state index in [9.17, 15) is 28.9 Å². The number of hydrogen-bond donors (Lipinski definition) is 4. The number of carbonyl (C=O) groups is 1. The van der Waals surface area contributed by atoms with E-state index in [2.05, 4.69) is 5.32 Å². The van der Waals surface area contributed by atoms with Gasteiger partial charge in [-0.25, -0.2) is 13.6 Å². The summed E-state index contributed by atoms with van der Waals surface area (Å²) in [6.45, 7) is 5.06. The second-order valence-corrected chi connectivity index (χ2v) is 9.30. The molecule has 32 heavy (non-hydrogen) atoms. The van der Waals surface area contributed by atoms with Crippen molar-refractivity contribution < 1.29 is 28.9 Å². The lowest BCUT2D eigenvalue weighted by Gasteiger charge is -2.42. The average Bonchev–Trinajstić information content (AvgIpc) is 2.98. The minimum atomic E-state index is -1.25. The summed E-state index contributed by atoms with van der Waals surface area (Å²) in [5.74, 6) is -1.54. The molecular formula is C24H30F2N2O4. The molecule has 4 N–H and O–H groups in total. The van der Waals surface area contributed by atoms with Crippen LogP contribution < -0.4 is 5.32 Å². The smallest absolute Gasteiger partial charge is 0.408 e. The second-order valence-electron chi connectivity index (χ2n) is 9.30. The number of halogens is 2. The van der Waals surface area contributed by atoms with Crippen molar-refractivity contribution in [1.29, 1.82) is 0 Å². The zero-order valence-corrected chi connectivity index (χ0v) is 18.4. The average molecular weight is 449 g/mol. The number of aliphatic hydroxyl groups is 2. The van der Waals surface area contributed by atoms with Gasteiger partial charge < -0.3 is 20.6 Å². The fourth-order valence-electron chi connectivity index (χ4n) is 4.50. The summed E-state index contributed by atoms with van der Waals surface area (Å²) in [6.07, 6.45) is -2.71. The Kier molecular flexibility index (Phi) is 7.17. The van der Waals surface area contributed by atoms with Gasteiger partial charge in [0.2, 0.25) is 0 Å². The molecule has 1 aliphatic rings. The van der Waals surface area contributed by atoms with Crippen LogP contribution in [0.1, 0.15) is 43.5 Å². The van der Waals surface area contributed by atoms with Crippen molar-refractivity contribution in [3.05, 3.63) is 70.8 Å². The number of nitrogens with one attached hydrogen (secondary N) is 1. The van der Waals surface area contributed by atoms with Crippen molar-refractivity contribution in [1.82, 2.24) is 10.2 Å².